The van der Waals surface area contributed by atoms with Gasteiger partial charge in [0.05, 0.1) is 6.26 Å². The van der Waals surface area contributed by atoms with Gasteiger partial charge in [0, 0.05) is 18.5 Å². The first kappa shape index (κ1) is 12.3. The first-order valence-corrected chi connectivity index (χ1v) is 4.90. The van der Waals surface area contributed by atoms with Gasteiger partial charge >= 0.3 is 5.97 Å². The molecule has 0 spiro atoms. The van der Waals surface area contributed by atoms with Crippen LogP contribution in [0, 0.1) is 0 Å². The number of carbonyl (C=O) groups excluding carboxylic acids is 1. The summed E-state index contributed by atoms with van der Waals surface area (Å²) in [6.07, 6.45) is 2.30. The third-order valence-electron chi connectivity index (χ3n) is 2.03. The number of hydrogen-bond acceptors (Lipinski definition) is 4. The molecule has 0 aliphatic rings. The number of carboxylic acids is 1. The van der Waals surface area contributed by atoms with E-state index in [1.54, 1.807) is 6.07 Å². The minimum atomic E-state index is -1.08. The lowest BCUT2D eigenvalue weighted by Crippen LogP contribution is -2.18. The molecule has 0 radical (unpaired) electrons. The molecule has 4 N–H and O–H groups in total. The summed E-state index contributed by atoms with van der Waals surface area (Å²) in [6.45, 7) is 1.00. The van der Waals surface area contributed by atoms with E-state index in [9.17, 15) is 9.59 Å². The number of aromatic carboxylic acids is 1. The smallest absolute Gasteiger partial charge is 0.372 e. The molecule has 16 heavy (non-hydrogen) atoms. The SMILES string of the molecule is NC(=O)CCCNCc1ccoc1C(=O)O. The highest BCUT2D eigenvalue weighted by atomic mass is 16.4. The van der Waals surface area contributed by atoms with Crippen LogP contribution in [0.1, 0.15) is 29.0 Å². The molecule has 6 heteroatoms. The number of carbonyl (C=O) groups is 2. The standard InChI is InChI=1S/C10H14N2O4/c11-8(13)2-1-4-12-6-7-3-5-16-9(7)10(14)15/h3,5,12H,1-2,4,6H2,(H2,11,13)(H,14,15). The molecule has 0 unspecified atom stereocenters. The van der Waals surface area contributed by atoms with Gasteiger partial charge in [-0.25, -0.2) is 4.79 Å². The van der Waals surface area contributed by atoms with Crippen molar-refractivity contribution in [3.05, 3.63) is 23.7 Å². The number of nitrogens with two attached hydrogens (primary N) is 1. The van der Waals surface area contributed by atoms with Crippen LogP contribution >= 0.6 is 0 Å². The molecular formula is C10H14N2O4. The quantitative estimate of drug-likeness (QED) is 0.581. The van der Waals surface area contributed by atoms with Crippen molar-refractivity contribution in [1.29, 1.82) is 0 Å². The van der Waals surface area contributed by atoms with Crippen LogP contribution in [0.25, 0.3) is 0 Å². The summed E-state index contributed by atoms with van der Waals surface area (Å²) >= 11 is 0. The maximum atomic E-state index is 10.7. The number of amides is 1. The summed E-state index contributed by atoms with van der Waals surface area (Å²) in [5, 5.41) is 11.8. The van der Waals surface area contributed by atoms with Crippen molar-refractivity contribution in [2.45, 2.75) is 19.4 Å². The fourth-order valence-corrected chi connectivity index (χ4v) is 1.27. The molecule has 0 bridgehead atoms. The molecule has 1 aromatic heterocycles. The van der Waals surface area contributed by atoms with Crippen molar-refractivity contribution >= 4 is 11.9 Å². The molecule has 1 heterocycles. The Bertz CT molecular complexity index is 373. The Morgan fingerprint density at radius 1 is 1.50 bits per heavy atom. The van der Waals surface area contributed by atoms with Gasteiger partial charge in [-0.1, -0.05) is 0 Å². The van der Waals surface area contributed by atoms with Crippen molar-refractivity contribution in [2.24, 2.45) is 5.73 Å². The van der Waals surface area contributed by atoms with Gasteiger partial charge in [-0.05, 0) is 19.0 Å². The Morgan fingerprint density at radius 2 is 2.25 bits per heavy atom. The summed E-state index contributed by atoms with van der Waals surface area (Å²) in [5.74, 6) is -1.47. The van der Waals surface area contributed by atoms with Crippen LogP contribution in [-0.4, -0.2) is 23.5 Å². The van der Waals surface area contributed by atoms with Crippen LogP contribution in [0.2, 0.25) is 0 Å². The molecule has 0 saturated carbocycles. The van der Waals surface area contributed by atoms with E-state index in [1.165, 1.54) is 6.26 Å². The fraction of sp³-hybridized carbons (Fsp3) is 0.400. The highest BCUT2D eigenvalue weighted by molar-refractivity contribution is 5.86. The summed E-state index contributed by atoms with van der Waals surface area (Å²) in [5.41, 5.74) is 5.56. The largest absolute Gasteiger partial charge is 0.475 e. The van der Waals surface area contributed by atoms with Gasteiger partial charge in [0.2, 0.25) is 11.7 Å². The van der Waals surface area contributed by atoms with Crippen LogP contribution in [0.4, 0.5) is 0 Å². The van der Waals surface area contributed by atoms with E-state index in [2.05, 4.69) is 5.32 Å². The van der Waals surface area contributed by atoms with E-state index in [0.29, 0.717) is 31.5 Å². The molecule has 0 saturated heterocycles. The lowest BCUT2D eigenvalue weighted by Gasteiger charge is -2.02. The average molecular weight is 226 g/mol. The maximum absolute atomic E-state index is 10.7. The fourth-order valence-electron chi connectivity index (χ4n) is 1.27. The summed E-state index contributed by atoms with van der Waals surface area (Å²) < 4.78 is 4.81. The molecule has 0 aliphatic carbocycles. The van der Waals surface area contributed by atoms with Gasteiger partial charge in [-0.3, -0.25) is 4.79 Å². The van der Waals surface area contributed by atoms with E-state index >= 15 is 0 Å². The Balaban J connectivity index is 2.29. The number of rotatable bonds is 7. The molecule has 88 valence electrons. The zero-order valence-electron chi connectivity index (χ0n) is 8.73. The van der Waals surface area contributed by atoms with E-state index < -0.39 is 5.97 Å². The van der Waals surface area contributed by atoms with Gasteiger partial charge in [0.25, 0.3) is 0 Å². The molecule has 1 amide bonds. The van der Waals surface area contributed by atoms with Gasteiger partial charge in [-0.15, -0.1) is 0 Å². The Labute approximate surface area is 92.4 Å². The third kappa shape index (κ3) is 3.74. The molecular weight excluding hydrogens is 212 g/mol. The first-order valence-electron chi connectivity index (χ1n) is 4.90. The second-order valence-electron chi connectivity index (χ2n) is 3.33. The zero-order valence-corrected chi connectivity index (χ0v) is 8.73. The van der Waals surface area contributed by atoms with Gasteiger partial charge in [0.15, 0.2) is 0 Å². The predicted molar refractivity (Wildman–Crippen MR) is 55.8 cm³/mol. The highest BCUT2D eigenvalue weighted by Crippen LogP contribution is 2.09. The Hall–Kier alpha value is -1.82. The average Bonchev–Trinajstić information content (AvgIpc) is 2.65. The number of carboxylic acid groups (broad SMARTS) is 1. The molecule has 1 rings (SSSR count). The lowest BCUT2D eigenvalue weighted by atomic mass is 10.2. The predicted octanol–water partition coefficient (Wildman–Crippen LogP) is 0.333. The van der Waals surface area contributed by atoms with E-state index in [-0.39, 0.29) is 11.7 Å². The minimum absolute atomic E-state index is 0.0533. The molecule has 0 atom stereocenters. The molecule has 6 nitrogen and oxygen atoms in total. The monoisotopic (exact) mass is 226 g/mol. The maximum Gasteiger partial charge on any atom is 0.372 e. The van der Waals surface area contributed by atoms with E-state index in [0.717, 1.165) is 0 Å². The normalized spacial score (nSPS) is 10.2. The lowest BCUT2D eigenvalue weighted by molar-refractivity contribution is -0.118. The first-order chi connectivity index (χ1) is 7.61. The Kier molecular flexibility index (Phi) is 4.53. The van der Waals surface area contributed by atoms with Crippen LogP contribution in [-0.2, 0) is 11.3 Å². The molecule has 0 aliphatic heterocycles. The second kappa shape index (κ2) is 5.92. The van der Waals surface area contributed by atoms with E-state index in [1.807, 2.05) is 0 Å². The second-order valence-corrected chi connectivity index (χ2v) is 3.33. The van der Waals surface area contributed by atoms with E-state index in [4.69, 9.17) is 15.3 Å². The molecule has 0 aromatic carbocycles. The topological polar surface area (TPSA) is 106 Å². The van der Waals surface area contributed by atoms with Crippen molar-refractivity contribution in [3.63, 3.8) is 0 Å². The summed E-state index contributed by atoms with van der Waals surface area (Å²) in [4.78, 5) is 21.1. The third-order valence-corrected chi connectivity index (χ3v) is 2.03. The minimum Gasteiger partial charge on any atom is -0.475 e. The molecule has 0 fully saturated rings. The number of nitrogens with one attached hydrogen (secondary N) is 1. The summed E-state index contributed by atoms with van der Waals surface area (Å²) in [7, 11) is 0. The number of hydrogen-bond donors (Lipinski definition) is 3. The van der Waals surface area contributed by atoms with Crippen molar-refractivity contribution in [1.82, 2.24) is 5.32 Å². The van der Waals surface area contributed by atoms with Crippen LogP contribution < -0.4 is 11.1 Å². The summed E-state index contributed by atoms with van der Waals surface area (Å²) in [6, 6.07) is 1.60. The van der Waals surface area contributed by atoms with Crippen molar-refractivity contribution < 1.29 is 19.1 Å². The zero-order chi connectivity index (χ0) is 12.0. The van der Waals surface area contributed by atoms with Gasteiger partial charge in [0.1, 0.15) is 0 Å². The highest BCUT2D eigenvalue weighted by Gasteiger charge is 2.12. The van der Waals surface area contributed by atoms with Crippen LogP contribution in [0.15, 0.2) is 16.7 Å². The molecule has 1 aromatic rings. The number of furan rings is 1. The van der Waals surface area contributed by atoms with Crippen molar-refractivity contribution in [2.75, 3.05) is 6.54 Å². The Morgan fingerprint density at radius 3 is 2.88 bits per heavy atom. The van der Waals surface area contributed by atoms with Crippen LogP contribution in [0.3, 0.4) is 0 Å². The van der Waals surface area contributed by atoms with Gasteiger partial charge < -0.3 is 20.6 Å². The van der Waals surface area contributed by atoms with Crippen molar-refractivity contribution in [3.8, 4) is 0 Å². The number of primary amides is 1. The van der Waals surface area contributed by atoms with Crippen LogP contribution in [0.5, 0.6) is 0 Å². The van der Waals surface area contributed by atoms with Gasteiger partial charge in [-0.2, -0.15) is 0 Å².